The number of hydrogen-bond acceptors (Lipinski definition) is 7. The summed E-state index contributed by atoms with van der Waals surface area (Å²) in [7, 11) is 1.34. The second-order valence-corrected chi connectivity index (χ2v) is 7.10. The minimum Gasteiger partial charge on any atom is -0.479 e. The molecule has 0 spiro atoms. The summed E-state index contributed by atoms with van der Waals surface area (Å²) < 4.78 is 23.8. The summed E-state index contributed by atoms with van der Waals surface area (Å²) in [5.41, 5.74) is 4.42. The maximum absolute atomic E-state index is 14.1. The van der Waals surface area contributed by atoms with E-state index in [2.05, 4.69) is 10.6 Å². The number of carbonyl (C=O) groups is 2. The van der Waals surface area contributed by atoms with Crippen LogP contribution in [0.15, 0.2) is 53.1 Å². The Morgan fingerprint density at radius 3 is 2.59 bits per heavy atom. The molecular formula is C21H19ClFN3O6. The average Bonchev–Trinajstić information content (AvgIpc) is 3.27. The summed E-state index contributed by atoms with van der Waals surface area (Å²) >= 11 is 5.94. The molecular weight excluding hydrogens is 445 g/mol. The van der Waals surface area contributed by atoms with Crippen molar-refractivity contribution in [1.29, 1.82) is 0 Å². The van der Waals surface area contributed by atoms with Crippen molar-refractivity contribution in [3.63, 3.8) is 0 Å². The average molecular weight is 464 g/mol. The van der Waals surface area contributed by atoms with Gasteiger partial charge in [-0.05, 0) is 34.5 Å². The van der Waals surface area contributed by atoms with Gasteiger partial charge in [0.2, 0.25) is 5.76 Å². The van der Waals surface area contributed by atoms with Crippen molar-refractivity contribution in [1.82, 2.24) is 15.6 Å². The monoisotopic (exact) mass is 463 g/mol. The Hall–Kier alpha value is -3.47. The second-order valence-electron chi connectivity index (χ2n) is 6.66. The first-order valence-electron chi connectivity index (χ1n) is 9.29. The van der Waals surface area contributed by atoms with Gasteiger partial charge in [-0.25, -0.2) is 14.6 Å². The molecule has 3 N–H and O–H groups in total. The van der Waals surface area contributed by atoms with E-state index in [1.54, 1.807) is 24.3 Å². The third-order valence-corrected chi connectivity index (χ3v) is 4.70. The van der Waals surface area contributed by atoms with Gasteiger partial charge >= 0.3 is 11.9 Å². The lowest BCUT2D eigenvalue weighted by Crippen LogP contribution is -2.48. The van der Waals surface area contributed by atoms with Crippen molar-refractivity contribution in [2.45, 2.75) is 12.6 Å². The van der Waals surface area contributed by atoms with Crippen LogP contribution in [0.25, 0.3) is 11.1 Å². The zero-order valence-corrected chi connectivity index (χ0v) is 17.5. The normalized spacial score (nSPS) is 11.8. The van der Waals surface area contributed by atoms with Crippen LogP contribution in [-0.2, 0) is 11.3 Å². The fraction of sp³-hybridized carbons (Fsp3) is 0.190. The largest absolute Gasteiger partial charge is 0.479 e. The van der Waals surface area contributed by atoms with Crippen molar-refractivity contribution < 1.29 is 33.5 Å². The highest BCUT2D eigenvalue weighted by Gasteiger charge is 2.26. The number of aliphatic carboxylic acids is 1. The van der Waals surface area contributed by atoms with Crippen LogP contribution in [0.2, 0.25) is 5.02 Å². The highest BCUT2D eigenvalue weighted by Crippen LogP contribution is 2.26. The van der Waals surface area contributed by atoms with Gasteiger partial charge in [0.1, 0.15) is 5.82 Å². The van der Waals surface area contributed by atoms with Crippen LogP contribution in [0.4, 0.5) is 4.39 Å². The van der Waals surface area contributed by atoms with Crippen molar-refractivity contribution in [3.05, 3.63) is 70.7 Å². The molecule has 3 aromatic rings. The Morgan fingerprint density at radius 1 is 1.25 bits per heavy atom. The third kappa shape index (κ3) is 5.61. The summed E-state index contributed by atoms with van der Waals surface area (Å²) in [4.78, 5) is 23.7. The number of aliphatic hydroxyl groups excluding tert-OH is 1. The van der Waals surface area contributed by atoms with Crippen LogP contribution in [0, 0.1) is 5.82 Å². The van der Waals surface area contributed by atoms with E-state index in [1.807, 2.05) is 0 Å². The molecule has 0 radical (unpaired) electrons. The van der Waals surface area contributed by atoms with Gasteiger partial charge in [-0.15, -0.1) is 0 Å². The second kappa shape index (κ2) is 10.2. The number of carboxylic acid groups (broad SMARTS) is 1. The Morgan fingerprint density at radius 2 is 1.97 bits per heavy atom. The zero-order valence-electron chi connectivity index (χ0n) is 16.8. The molecule has 0 saturated carbocycles. The number of hydrazine groups is 1. The number of rotatable bonds is 9. The molecule has 11 heteroatoms. The van der Waals surface area contributed by atoms with Crippen molar-refractivity contribution in [2.75, 3.05) is 13.7 Å². The third-order valence-electron chi connectivity index (χ3n) is 4.46. The Labute approximate surface area is 186 Å². The van der Waals surface area contributed by atoms with Gasteiger partial charge < -0.3 is 19.5 Å². The molecule has 168 valence electrons. The van der Waals surface area contributed by atoms with E-state index >= 15 is 0 Å². The molecule has 1 aromatic heterocycles. The van der Waals surface area contributed by atoms with Crippen molar-refractivity contribution in [3.8, 4) is 17.0 Å². The number of benzene rings is 2. The number of aromatic nitrogens is 1. The van der Waals surface area contributed by atoms with Gasteiger partial charge in [-0.3, -0.25) is 9.80 Å². The zero-order chi connectivity index (χ0) is 23.3. The highest BCUT2D eigenvalue weighted by molar-refractivity contribution is 6.30. The van der Waals surface area contributed by atoms with Gasteiger partial charge in [0, 0.05) is 17.1 Å². The summed E-state index contributed by atoms with van der Waals surface area (Å²) in [5, 5.41) is 23.5. The molecule has 0 fully saturated rings. The number of nitrogens with one attached hydrogen (secondary N) is 1. The number of ether oxygens (including phenoxy) is 1. The van der Waals surface area contributed by atoms with Crippen LogP contribution in [-0.4, -0.2) is 52.0 Å². The number of carbonyl (C=O) groups excluding carboxylic acids is 1. The SMILES string of the molecule is COc1cc(C(=O)N(C[C@@H](O)C(=O)O)NCc2ccc(-c3cc(Cl)ccc3F)cc2)on1. The van der Waals surface area contributed by atoms with E-state index in [4.69, 9.17) is 26.0 Å². The predicted octanol–water partition coefficient (Wildman–Crippen LogP) is 2.74. The first-order chi connectivity index (χ1) is 15.3. The fourth-order valence-corrected chi connectivity index (χ4v) is 2.94. The topological polar surface area (TPSA) is 125 Å². The van der Waals surface area contributed by atoms with Gasteiger partial charge in [0.25, 0.3) is 5.88 Å². The van der Waals surface area contributed by atoms with E-state index in [0.29, 0.717) is 21.7 Å². The molecule has 1 heterocycles. The smallest absolute Gasteiger partial charge is 0.334 e. The maximum atomic E-state index is 14.1. The van der Waals surface area contributed by atoms with Gasteiger partial charge in [-0.2, -0.15) is 0 Å². The number of halogens is 2. The molecule has 1 atom stereocenters. The molecule has 32 heavy (non-hydrogen) atoms. The van der Waals surface area contributed by atoms with Crippen LogP contribution in [0.3, 0.4) is 0 Å². The molecule has 0 unspecified atom stereocenters. The number of hydrogen-bond donors (Lipinski definition) is 3. The van der Waals surface area contributed by atoms with Gasteiger partial charge in [-0.1, -0.05) is 35.9 Å². The molecule has 2 aromatic carbocycles. The molecule has 0 aliphatic rings. The maximum Gasteiger partial charge on any atom is 0.334 e. The highest BCUT2D eigenvalue weighted by atomic mass is 35.5. The lowest BCUT2D eigenvalue weighted by molar-refractivity contribution is -0.147. The Kier molecular flexibility index (Phi) is 7.41. The fourth-order valence-electron chi connectivity index (χ4n) is 2.77. The predicted molar refractivity (Wildman–Crippen MR) is 111 cm³/mol. The molecule has 9 nitrogen and oxygen atoms in total. The first-order valence-corrected chi connectivity index (χ1v) is 9.67. The summed E-state index contributed by atoms with van der Waals surface area (Å²) in [5.74, 6) is -2.80. The lowest BCUT2D eigenvalue weighted by atomic mass is 10.0. The summed E-state index contributed by atoms with van der Waals surface area (Å²) in [6, 6.07) is 12.3. The number of carboxylic acids is 1. The van der Waals surface area contributed by atoms with Crippen LogP contribution < -0.4 is 10.2 Å². The summed E-state index contributed by atoms with van der Waals surface area (Å²) in [6.45, 7) is -0.454. The summed E-state index contributed by atoms with van der Waals surface area (Å²) in [6.07, 6.45) is -1.83. The minimum absolute atomic E-state index is 0.0657. The van der Waals surface area contributed by atoms with E-state index in [9.17, 15) is 19.1 Å². The number of amides is 1. The number of aliphatic hydroxyl groups is 1. The van der Waals surface area contributed by atoms with E-state index in [1.165, 1.54) is 31.4 Å². The quantitative estimate of drug-likeness (QED) is 0.414. The molecule has 0 saturated heterocycles. The van der Waals surface area contributed by atoms with Crippen LogP contribution in [0.5, 0.6) is 5.88 Å². The van der Waals surface area contributed by atoms with Crippen LogP contribution in [0.1, 0.15) is 16.1 Å². The lowest BCUT2D eigenvalue weighted by Gasteiger charge is -2.23. The van der Waals surface area contributed by atoms with Crippen LogP contribution >= 0.6 is 11.6 Å². The number of methoxy groups -OCH3 is 1. The van der Waals surface area contributed by atoms with Gasteiger partial charge in [0.05, 0.1) is 19.7 Å². The molecule has 0 aliphatic heterocycles. The molecule has 0 aliphatic carbocycles. The van der Waals surface area contributed by atoms with Crippen molar-refractivity contribution in [2.24, 2.45) is 0 Å². The molecule has 1 amide bonds. The molecule has 3 rings (SSSR count). The molecule has 0 bridgehead atoms. The van der Waals surface area contributed by atoms with E-state index in [0.717, 1.165) is 5.01 Å². The number of nitrogens with zero attached hydrogens (tertiary/aromatic N) is 2. The Balaban J connectivity index is 1.74. The Bertz CT molecular complexity index is 1110. The van der Waals surface area contributed by atoms with E-state index < -0.39 is 30.3 Å². The first kappa shape index (κ1) is 23.2. The van der Waals surface area contributed by atoms with E-state index in [-0.39, 0.29) is 18.2 Å². The van der Waals surface area contributed by atoms with Gasteiger partial charge in [0.15, 0.2) is 6.10 Å². The standard InChI is InChI=1S/C21H19ClFN3O6/c1-31-19-9-18(32-25-19)20(28)26(11-17(27)21(29)30)24-10-12-2-4-13(5-3-12)15-8-14(22)6-7-16(15)23/h2-9,17,24,27H,10-11H2,1H3,(H,29,30)/t17-/m1/s1. The van der Waals surface area contributed by atoms with Crippen molar-refractivity contribution >= 4 is 23.5 Å². The minimum atomic E-state index is -1.83.